The van der Waals surface area contributed by atoms with E-state index in [1.165, 1.54) is 29.6 Å². The number of carbonyl (C=O) groups excluding carboxylic acids is 2. The minimum atomic E-state index is -3.52. The topological polar surface area (TPSA) is 105 Å². The number of nitrogens with one attached hydrogen (secondary N) is 1. The van der Waals surface area contributed by atoms with Crippen LogP contribution in [-0.2, 0) is 21.4 Å². The summed E-state index contributed by atoms with van der Waals surface area (Å²) in [4.78, 5) is 23.3. The number of carbonyl (C=O) groups is 2. The van der Waals surface area contributed by atoms with Crippen LogP contribution < -0.4 is 14.5 Å². The van der Waals surface area contributed by atoms with E-state index >= 15 is 0 Å². The van der Waals surface area contributed by atoms with Crippen molar-refractivity contribution in [1.29, 1.82) is 0 Å². The highest BCUT2D eigenvalue weighted by atomic mass is 32.2. The summed E-state index contributed by atoms with van der Waals surface area (Å²) in [5.41, 5.74) is 4.75. The number of hydrogen-bond donors (Lipinski definition) is 1. The van der Waals surface area contributed by atoms with E-state index in [4.69, 9.17) is 4.74 Å². The summed E-state index contributed by atoms with van der Waals surface area (Å²) >= 11 is 0. The lowest BCUT2D eigenvalue weighted by atomic mass is 10.2. The van der Waals surface area contributed by atoms with Crippen molar-refractivity contribution >= 4 is 33.8 Å². The van der Waals surface area contributed by atoms with Crippen LogP contribution in [0.1, 0.15) is 28.4 Å². The Morgan fingerprint density at radius 3 is 2.18 bits per heavy atom. The van der Waals surface area contributed by atoms with E-state index in [0.29, 0.717) is 22.6 Å². The maximum atomic E-state index is 12.4. The summed E-state index contributed by atoms with van der Waals surface area (Å²) < 4.78 is 30.9. The van der Waals surface area contributed by atoms with E-state index in [1.54, 1.807) is 36.4 Å². The Hall–Kier alpha value is -3.98. The predicted octanol–water partition coefficient (Wildman–Crippen LogP) is 3.34. The highest BCUT2D eigenvalue weighted by Gasteiger charge is 2.18. The zero-order chi connectivity index (χ0) is 23.8. The Bertz CT molecular complexity index is 1240. The predicted molar refractivity (Wildman–Crippen MR) is 127 cm³/mol. The van der Waals surface area contributed by atoms with Gasteiger partial charge in [-0.3, -0.25) is 13.9 Å². The third kappa shape index (κ3) is 7.01. The lowest BCUT2D eigenvalue weighted by Crippen LogP contribution is -2.29. The van der Waals surface area contributed by atoms with Crippen LogP contribution in [0.5, 0.6) is 5.75 Å². The summed E-state index contributed by atoms with van der Waals surface area (Å²) in [6.45, 7) is 1.51. The fourth-order valence-corrected chi connectivity index (χ4v) is 3.83. The molecule has 0 radical (unpaired) electrons. The van der Waals surface area contributed by atoms with E-state index in [1.807, 2.05) is 30.3 Å². The number of hydrazone groups is 1. The van der Waals surface area contributed by atoms with Crippen LogP contribution in [0.4, 0.5) is 5.69 Å². The zero-order valence-electron chi connectivity index (χ0n) is 18.1. The fourth-order valence-electron chi connectivity index (χ4n) is 2.95. The molecule has 0 unspecified atom stereocenters. The molecular weight excluding hydrogens is 442 g/mol. The number of ether oxygens (including phenoxy) is 1. The molecule has 3 rings (SSSR count). The third-order valence-corrected chi connectivity index (χ3v) is 5.65. The number of benzene rings is 3. The van der Waals surface area contributed by atoms with Crippen LogP contribution in [0.25, 0.3) is 0 Å². The van der Waals surface area contributed by atoms with Crippen LogP contribution in [-0.4, -0.2) is 32.8 Å². The standard InChI is InChI=1S/C24H23N3O5S/c1-18(28)32-23-14-8-19(9-15-23)16-25-26-24(29)21-10-12-22(13-11-21)27(33(2,30)31)17-20-6-4-3-5-7-20/h3-16H,17H2,1-2H3,(H,26,29)/b25-16-. The lowest BCUT2D eigenvalue weighted by molar-refractivity contribution is -0.131. The highest BCUT2D eigenvalue weighted by molar-refractivity contribution is 7.92. The first-order chi connectivity index (χ1) is 15.7. The van der Waals surface area contributed by atoms with Gasteiger partial charge >= 0.3 is 5.97 Å². The molecule has 0 aliphatic rings. The molecule has 0 saturated carbocycles. The van der Waals surface area contributed by atoms with Gasteiger partial charge in [0.15, 0.2) is 0 Å². The zero-order valence-corrected chi connectivity index (χ0v) is 19.0. The van der Waals surface area contributed by atoms with Crippen LogP contribution in [0.15, 0.2) is 84.0 Å². The number of nitrogens with zero attached hydrogens (tertiary/aromatic N) is 2. The normalized spacial score (nSPS) is 11.2. The fraction of sp³-hybridized carbons (Fsp3) is 0.125. The van der Waals surface area contributed by atoms with Crippen LogP contribution in [0, 0.1) is 0 Å². The minimum Gasteiger partial charge on any atom is -0.427 e. The molecular formula is C24H23N3O5S. The smallest absolute Gasteiger partial charge is 0.308 e. The molecule has 1 amide bonds. The van der Waals surface area contributed by atoms with Gasteiger partial charge in [0.25, 0.3) is 5.91 Å². The molecule has 0 spiro atoms. The Labute approximate surface area is 192 Å². The molecule has 0 fully saturated rings. The Morgan fingerprint density at radius 1 is 0.970 bits per heavy atom. The van der Waals surface area contributed by atoms with Crippen molar-refractivity contribution in [3.8, 4) is 5.75 Å². The van der Waals surface area contributed by atoms with E-state index < -0.39 is 21.9 Å². The molecule has 0 aromatic heterocycles. The van der Waals surface area contributed by atoms with Crippen molar-refractivity contribution in [2.75, 3.05) is 10.6 Å². The second kappa shape index (κ2) is 10.6. The summed E-state index contributed by atoms with van der Waals surface area (Å²) in [6.07, 6.45) is 2.60. The van der Waals surface area contributed by atoms with E-state index in [9.17, 15) is 18.0 Å². The monoisotopic (exact) mass is 465 g/mol. The second-order valence-corrected chi connectivity index (χ2v) is 9.07. The third-order valence-electron chi connectivity index (χ3n) is 4.51. The summed E-state index contributed by atoms with van der Waals surface area (Å²) in [7, 11) is -3.52. The molecule has 0 heterocycles. The number of rotatable bonds is 8. The van der Waals surface area contributed by atoms with Gasteiger partial charge < -0.3 is 4.74 Å². The molecule has 9 heteroatoms. The molecule has 33 heavy (non-hydrogen) atoms. The maximum Gasteiger partial charge on any atom is 0.308 e. The summed E-state index contributed by atoms with van der Waals surface area (Å²) in [5, 5.41) is 3.92. The van der Waals surface area contributed by atoms with Gasteiger partial charge in [0, 0.05) is 12.5 Å². The van der Waals surface area contributed by atoms with Crippen LogP contribution in [0.2, 0.25) is 0 Å². The Kier molecular flexibility index (Phi) is 7.57. The maximum absolute atomic E-state index is 12.4. The largest absolute Gasteiger partial charge is 0.427 e. The molecule has 0 bridgehead atoms. The van der Waals surface area contributed by atoms with E-state index in [-0.39, 0.29) is 6.54 Å². The van der Waals surface area contributed by atoms with Gasteiger partial charge in [-0.25, -0.2) is 13.8 Å². The number of hydrogen-bond acceptors (Lipinski definition) is 6. The number of sulfonamides is 1. The highest BCUT2D eigenvalue weighted by Crippen LogP contribution is 2.21. The first-order valence-corrected chi connectivity index (χ1v) is 11.8. The first kappa shape index (κ1) is 23.7. The summed E-state index contributed by atoms with van der Waals surface area (Å²) in [5.74, 6) is -0.433. The van der Waals surface area contributed by atoms with Crippen LogP contribution >= 0.6 is 0 Å². The molecule has 1 N–H and O–H groups in total. The average Bonchev–Trinajstić information content (AvgIpc) is 2.78. The van der Waals surface area contributed by atoms with Crippen molar-refractivity contribution in [1.82, 2.24) is 5.43 Å². The van der Waals surface area contributed by atoms with Gasteiger partial charge in [0.2, 0.25) is 10.0 Å². The first-order valence-electron chi connectivity index (χ1n) is 9.96. The lowest BCUT2D eigenvalue weighted by Gasteiger charge is -2.22. The SMILES string of the molecule is CC(=O)Oc1ccc(/C=N\NC(=O)c2ccc(N(Cc3ccccc3)S(C)(=O)=O)cc2)cc1. The molecule has 0 aliphatic heterocycles. The molecule has 0 atom stereocenters. The molecule has 3 aromatic carbocycles. The minimum absolute atomic E-state index is 0.186. The molecule has 0 aliphatic carbocycles. The van der Waals surface area contributed by atoms with Crippen molar-refractivity contribution in [3.63, 3.8) is 0 Å². The number of anilines is 1. The van der Waals surface area contributed by atoms with Crippen molar-refractivity contribution < 1.29 is 22.7 Å². The number of esters is 1. The second-order valence-electron chi connectivity index (χ2n) is 7.16. The van der Waals surface area contributed by atoms with Gasteiger partial charge in [-0.2, -0.15) is 5.10 Å². The van der Waals surface area contributed by atoms with Gasteiger partial charge in [-0.05, 0) is 59.7 Å². The average molecular weight is 466 g/mol. The van der Waals surface area contributed by atoms with E-state index in [0.717, 1.165) is 11.8 Å². The van der Waals surface area contributed by atoms with Gasteiger partial charge in [0.1, 0.15) is 5.75 Å². The van der Waals surface area contributed by atoms with Crippen molar-refractivity contribution in [2.45, 2.75) is 13.5 Å². The van der Waals surface area contributed by atoms with E-state index in [2.05, 4.69) is 10.5 Å². The van der Waals surface area contributed by atoms with Crippen LogP contribution in [0.3, 0.4) is 0 Å². The molecule has 3 aromatic rings. The summed E-state index contributed by atoms with van der Waals surface area (Å²) in [6, 6.07) is 22.1. The van der Waals surface area contributed by atoms with Crippen molar-refractivity contribution in [3.05, 3.63) is 95.6 Å². The van der Waals surface area contributed by atoms with Crippen molar-refractivity contribution in [2.24, 2.45) is 5.10 Å². The molecule has 170 valence electrons. The molecule has 0 saturated heterocycles. The molecule has 8 nitrogen and oxygen atoms in total. The van der Waals surface area contributed by atoms with Gasteiger partial charge in [0.05, 0.1) is 24.7 Å². The quantitative estimate of drug-likeness (QED) is 0.238. The Balaban J connectivity index is 1.65. The van der Waals surface area contributed by atoms with Gasteiger partial charge in [-0.1, -0.05) is 30.3 Å². The van der Waals surface area contributed by atoms with Gasteiger partial charge in [-0.15, -0.1) is 0 Å². The Morgan fingerprint density at radius 2 is 1.61 bits per heavy atom. The number of amides is 1.